The van der Waals surface area contributed by atoms with E-state index in [1.165, 1.54) is 32.5 Å². The van der Waals surface area contributed by atoms with Crippen molar-refractivity contribution in [1.29, 1.82) is 0 Å². The van der Waals surface area contributed by atoms with Crippen molar-refractivity contribution in [2.75, 3.05) is 32.1 Å². The van der Waals surface area contributed by atoms with E-state index in [0.717, 1.165) is 22.4 Å². The molecule has 0 unspecified atom stereocenters. The fraction of sp³-hybridized carbons (Fsp3) is 0.625. The second kappa shape index (κ2) is 7.19. The van der Waals surface area contributed by atoms with Gasteiger partial charge in [-0.15, -0.1) is 0 Å². The number of nitrogens with one attached hydrogen (secondary N) is 1. The maximum Gasteiger partial charge on any atom is 0.142 e. The van der Waals surface area contributed by atoms with Crippen molar-refractivity contribution in [2.45, 2.75) is 32.7 Å². The van der Waals surface area contributed by atoms with E-state index in [-0.39, 0.29) is 0 Å². The van der Waals surface area contributed by atoms with Gasteiger partial charge in [0.2, 0.25) is 0 Å². The summed E-state index contributed by atoms with van der Waals surface area (Å²) < 4.78 is 5.38. The predicted molar refractivity (Wildman–Crippen MR) is 85.9 cm³/mol. The average molecular weight is 297 g/mol. The van der Waals surface area contributed by atoms with Crippen LogP contribution in [0.15, 0.2) is 18.2 Å². The first-order valence-corrected chi connectivity index (χ1v) is 7.78. The molecule has 0 saturated carbocycles. The third kappa shape index (κ3) is 4.29. The molecular weight excluding hydrogens is 272 g/mol. The van der Waals surface area contributed by atoms with Crippen LogP contribution in [-0.4, -0.2) is 37.7 Å². The summed E-state index contributed by atoms with van der Waals surface area (Å²) in [6, 6.07) is 6.22. The molecular formula is C16H25ClN2O. The number of halogens is 1. The van der Waals surface area contributed by atoms with Gasteiger partial charge in [0.05, 0.1) is 12.8 Å². The lowest BCUT2D eigenvalue weighted by atomic mass is 10.0. The van der Waals surface area contributed by atoms with Crippen molar-refractivity contribution in [1.82, 2.24) is 4.90 Å². The molecule has 1 N–H and O–H groups in total. The second-order valence-electron chi connectivity index (χ2n) is 5.96. The van der Waals surface area contributed by atoms with E-state index in [4.69, 9.17) is 16.3 Å². The maximum atomic E-state index is 6.07. The van der Waals surface area contributed by atoms with Crippen molar-refractivity contribution in [3.05, 3.63) is 23.2 Å². The minimum Gasteiger partial charge on any atom is -0.495 e. The molecule has 1 aliphatic heterocycles. The van der Waals surface area contributed by atoms with E-state index in [1.54, 1.807) is 7.11 Å². The number of rotatable bonds is 5. The fourth-order valence-electron chi connectivity index (χ4n) is 2.79. The van der Waals surface area contributed by atoms with Crippen LogP contribution in [-0.2, 0) is 0 Å². The Morgan fingerprint density at radius 2 is 2.05 bits per heavy atom. The van der Waals surface area contributed by atoms with Gasteiger partial charge in [-0.1, -0.05) is 25.4 Å². The molecule has 1 aromatic carbocycles. The second-order valence-corrected chi connectivity index (χ2v) is 6.39. The Morgan fingerprint density at radius 1 is 1.35 bits per heavy atom. The highest BCUT2D eigenvalue weighted by Crippen LogP contribution is 2.29. The van der Waals surface area contributed by atoms with Gasteiger partial charge < -0.3 is 15.0 Å². The number of methoxy groups -OCH3 is 1. The highest BCUT2D eigenvalue weighted by Gasteiger charge is 2.20. The van der Waals surface area contributed by atoms with Crippen LogP contribution in [0.4, 0.5) is 5.69 Å². The highest BCUT2D eigenvalue weighted by molar-refractivity contribution is 6.30. The number of benzene rings is 1. The summed E-state index contributed by atoms with van der Waals surface area (Å²) in [4.78, 5) is 2.55. The molecule has 20 heavy (non-hydrogen) atoms. The van der Waals surface area contributed by atoms with Crippen molar-refractivity contribution in [2.24, 2.45) is 5.92 Å². The van der Waals surface area contributed by atoms with Crippen LogP contribution in [0.25, 0.3) is 0 Å². The van der Waals surface area contributed by atoms with E-state index >= 15 is 0 Å². The zero-order valence-electron chi connectivity index (χ0n) is 12.7. The van der Waals surface area contributed by atoms with Gasteiger partial charge in [0.15, 0.2) is 0 Å². The van der Waals surface area contributed by atoms with Gasteiger partial charge in [-0.2, -0.15) is 0 Å². The molecule has 0 aliphatic carbocycles. The van der Waals surface area contributed by atoms with Crippen LogP contribution in [0.2, 0.25) is 5.02 Å². The lowest BCUT2D eigenvalue weighted by Crippen LogP contribution is -2.40. The van der Waals surface area contributed by atoms with Crippen LogP contribution < -0.4 is 10.1 Å². The molecule has 0 atom stereocenters. The van der Waals surface area contributed by atoms with Crippen molar-refractivity contribution in [3.8, 4) is 5.75 Å². The van der Waals surface area contributed by atoms with Crippen LogP contribution in [0, 0.1) is 5.92 Å². The molecule has 1 heterocycles. The van der Waals surface area contributed by atoms with Crippen molar-refractivity contribution < 1.29 is 4.74 Å². The van der Waals surface area contributed by atoms with Crippen molar-refractivity contribution >= 4 is 17.3 Å². The molecule has 4 heteroatoms. The average Bonchev–Trinajstić information content (AvgIpc) is 2.41. The number of nitrogens with zero attached hydrogens (tertiary/aromatic N) is 1. The molecule has 0 aromatic heterocycles. The standard InChI is InChI=1S/C16H25ClN2O/c1-12(2)11-19-8-6-14(7-9-19)18-15-10-13(17)4-5-16(15)20-3/h4-5,10,12,14,18H,6-9,11H2,1-3H3. The Hall–Kier alpha value is -0.930. The summed E-state index contributed by atoms with van der Waals surface area (Å²) >= 11 is 6.07. The third-order valence-corrected chi connectivity index (χ3v) is 3.97. The number of hydrogen-bond acceptors (Lipinski definition) is 3. The zero-order chi connectivity index (χ0) is 14.5. The Bertz CT molecular complexity index is 428. The van der Waals surface area contributed by atoms with E-state index in [0.29, 0.717) is 6.04 Å². The summed E-state index contributed by atoms with van der Waals surface area (Å²) in [6.07, 6.45) is 2.34. The molecule has 1 aromatic rings. The Labute approximate surface area is 127 Å². The minimum atomic E-state index is 0.505. The van der Waals surface area contributed by atoms with Gasteiger partial charge in [-0.05, 0) is 37.0 Å². The topological polar surface area (TPSA) is 24.5 Å². The Kier molecular flexibility index (Phi) is 5.55. The van der Waals surface area contributed by atoms with Gasteiger partial charge in [-0.25, -0.2) is 0 Å². The smallest absolute Gasteiger partial charge is 0.142 e. The predicted octanol–water partition coefficient (Wildman–Crippen LogP) is 3.88. The largest absolute Gasteiger partial charge is 0.495 e. The summed E-state index contributed by atoms with van der Waals surface area (Å²) in [5, 5.41) is 4.32. The van der Waals surface area contributed by atoms with Crippen LogP contribution in [0.3, 0.4) is 0 Å². The SMILES string of the molecule is COc1ccc(Cl)cc1NC1CCN(CC(C)C)CC1. The van der Waals surface area contributed by atoms with Gasteiger partial charge in [-0.3, -0.25) is 0 Å². The van der Waals surface area contributed by atoms with Gasteiger partial charge in [0.25, 0.3) is 0 Å². The Morgan fingerprint density at radius 3 is 2.65 bits per heavy atom. The first-order chi connectivity index (χ1) is 9.58. The number of likely N-dealkylation sites (tertiary alicyclic amines) is 1. The van der Waals surface area contributed by atoms with E-state index in [9.17, 15) is 0 Å². The number of piperidine rings is 1. The van der Waals surface area contributed by atoms with Crippen molar-refractivity contribution in [3.63, 3.8) is 0 Å². The fourth-order valence-corrected chi connectivity index (χ4v) is 2.96. The number of anilines is 1. The Balaban J connectivity index is 1.91. The molecule has 0 amide bonds. The van der Waals surface area contributed by atoms with E-state index in [1.807, 2.05) is 18.2 Å². The minimum absolute atomic E-state index is 0.505. The molecule has 1 fully saturated rings. The lowest BCUT2D eigenvalue weighted by molar-refractivity contribution is 0.198. The first-order valence-electron chi connectivity index (χ1n) is 7.41. The monoisotopic (exact) mass is 296 g/mol. The number of ether oxygens (including phenoxy) is 1. The molecule has 0 radical (unpaired) electrons. The van der Waals surface area contributed by atoms with E-state index < -0.39 is 0 Å². The zero-order valence-corrected chi connectivity index (χ0v) is 13.4. The van der Waals surface area contributed by atoms with Gasteiger partial charge in [0.1, 0.15) is 5.75 Å². The summed E-state index contributed by atoms with van der Waals surface area (Å²) in [7, 11) is 1.69. The molecule has 1 saturated heterocycles. The molecule has 3 nitrogen and oxygen atoms in total. The molecule has 0 spiro atoms. The highest BCUT2D eigenvalue weighted by atomic mass is 35.5. The lowest BCUT2D eigenvalue weighted by Gasteiger charge is -2.34. The molecule has 112 valence electrons. The van der Waals surface area contributed by atoms with Gasteiger partial charge in [0, 0.05) is 30.7 Å². The third-order valence-electron chi connectivity index (χ3n) is 3.73. The molecule has 1 aliphatic rings. The normalized spacial score (nSPS) is 17.4. The summed E-state index contributed by atoms with van der Waals surface area (Å²) in [5.74, 6) is 1.60. The summed E-state index contributed by atoms with van der Waals surface area (Å²) in [5.41, 5.74) is 1.00. The van der Waals surface area contributed by atoms with Crippen LogP contribution >= 0.6 is 11.6 Å². The maximum absolute atomic E-state index is 6.07. The van der Waals surface area contributed by atoms with Gasteiger partial charge >= 0.3 is 0 Å². The molecule has 0 bridgehead atoms. The molecule has 2 rings (SSSR count). The van der Waals surface area contributed by atoms with Crippen LogP contribution in [0.5, 0.6) is 5.75 Å². The first kappa shape index (κ1) is 15.5. The van der Waals surface area contributed by atoms with Crippen LogP contribution in [0.1, 0.15) is 26.7 Å². The number of hydrogen-bond donors (Lipinski definition) is 1. The summed E-state index contributed by atoms with van der Waals surface area (Å²) in [6.45, 7) is 8.09. The quantitative estimate of drug-likeness (QED) is 0.892. The van der Waals surface area contributed by atoms with E-state index in [2.05, 4.69) is 24.1 Å².